The number of aliphatic imine (C=N–C) groups is 1. The van der Waals surface area contributed by atoms with Gasteiger partial charge in [0, 0.05) is 26.5 Å². The third kappa shape index (κ3) is 5.12. The lowest BCUT2D eigenvalue weighted by molar-refractivity contribution is -0.127. The number of halogens is 1. The van der Waals surface area contributed by atoms with E-state index in [0.29, 0.717) is 5.96 Å². The number of amides is 1. The number of carbonyl (C=O) groups is 1. The van der Waals surface area contributed by atoms with Crippen LogP contribution in [-0.2, 0) is 4.79 Å². The maximum absolute atomic E-state index is 11.6. The van der Waals surface area contributed by atoms with Crippen molar-refractivity contribution in [2.75, 3.05) is 27.7 Å². The number of nitrogens with zero attached hydrogens (tertiary/aromatic N) is 2. The van der Waals surface area contributed by atoms with Crippen LogP contribution in [0, 0.1) is 0 Å². The predicted molar refractivity (Wildman–Crippen MR) is 103 cm³/mol. The van der Waals surface area contributed by atoms with Crippen molar-refractivity contribution < 1.29 is 9.21 Å². The fraction of sp³-hybridized carbons (Fsp3) is 0.375. The third-order valence-electron chi connectivity index (χ3n) is 3.35. The van der Waals surface area contributed by atoms with Crippen LogP contribution in [0.3, 0.4) is 0 Å². The zero-order valence-electron chi connectivity index (χ0n) is 13.8. The number of nitrogens with one attached hydrogen (secondary N) is 2. The molecule has 2 aromatic rings. The van der Waals surface area contributed by atoms with E-state index in [2.05, 4.69) is 15.6 Å². The van der Waals surface area contributed by atoms with Crippen LogP contribution in [0.1, 0.15) is 18.7 Å². The molecule has 7 heteroatoms. The van der Waals surface area contributed by atoms with Crippen molar-refractivity contribution in [3.05, 3.63) is 36.1 Å². The van der Waals surface area contributed by atoms with Crippen LogP contribution in [0.5, 0.6) is 0 Å². The predicted octanol–water partition coefficient (Wildman–Crippen LogP) is 2.37. The Morgan fingerprint density at radius 3 is 2.65 bits per heavy atom. The van der Waals surface area contributed by atoms with Gasteiger partial charge < -0.3 is 20.0 Å². The van der Waals surface area contributed by atoms with Gasteiger partial charge in [-0.15, -0.1) is 24.0 Å². The number of likely N-dealkylation sites (N-methyl/N-ethyl adjacent to an activating group) is 1. The summed E-state index contributed by atoms with van der Waals surface area (Å²) in [7, 11) is 5.11. The standard InChI is InChI=1S/C16H22N4O2.HI/c1-11(14-9-12-7-5-6-8-13(12)22-14)19-16(17-2)18-10-15(21)20(3)4;/h5-9,11H,10H2,1-4H3,(H2,17,18,19);1H. The number of benzene rings is 1. The van der Waals surface area contributed by atoms with Crippen LogP contribution in [0.4, 0.5) is 0 Å². The van der Waals surface area contributed by atoms with E-state index in [4.69, 9.17) is 4.42 Å². The Bertz CT molecular complexity index is 649. The van der Waals surface area contributed by atoms with Crippen molar-refractivity contribution >= 4 is 46.8 Å². The summed E-state index contributed by atoms with van der Waals surface area (Å²) in [5.74, 6) is 1.37. The van der Waals surface area contributed by atoms with Gasteiger partial charge in [0.1, 0.15) is 11.3 Å². The summed E-state index contributed by atoms with van der Waals surface area (Å²) in [6.07, 6.45) is 0. The van der Waals surface area contributed by atoms with Gasteiger partial charge >= 0.3 is 0 Å². The van der Waals surface area contributed by atoms with Crippen molar-refractivity contribution in [1.82, 2.24) is 15.5 Å². The number of para-hydroxylation sites is 1. The average Bonchev–Trinajstić information content (AvgIpc) is 2.94. The minimum absolute atomic E-state index is 0. The van der Waals surface area contributed by atoms with Crippen molar-refractivity contribution in [1.29, 1.82) is 0 Å². The molecule has 1 unspecified atom stereocenters. The summed E-state index contributed by atoms with van der Waals surface area (Å²) < 4.78 is 5.82. The average molecular weight is 430 g/mol. The number of rotatable bonds is 4. The van der Waals surface area contributed by atoms with Crippen LogP contribution in [-0.4, -0.2) is 44.5 Å². The monoisotopic (exact) mass is 430 g/mol. The van der Waals surface area contributed by atoms with E-state index in [9.17, 15) is 4.79 Å². The number of hydrogen-bond acceptors (Lipinski definition) is 3. The number of hydrogen-bond donors (Lipinski definition) is 2. The highest BCUT2D eigenvalue weighted by atomic mass is 127. The summed E-state index contributed by atoms with van der Waals surface area (Å²) >= 11 is 0. The fourth-order valence-corrected chi connectivity index (χ4v) is 2.00. The van der Waals surface area contributed by atoms with E-state index in [1.165, 1.54) is 4.90 Å². The van der Waals surface area contributed by atoms with Gasteiger partial charge in [-0.2, -0.15) is 0 Å². The van der Waals surface area contributed by atoms with Crippen LogP contribution in [0.25, 0.3) is 11.0 Å². The van der Waals surface area contributed by atoms with Gasteiger partial charge in [0.15, 0.2) is 5.96 Å². The largest absolute Gasteiger partial charge is 0.459 e. The second-order valence-corrected chi connectivity index (χ2v) is 5.27. The molecule has 0 aliphatic carbocycles. The number of furan rings is 1. The zero-order chi connectivity index (χ0) is 16.1. The van der Waals surface area contributed by atoms with Crippen LogP contribution < -0.4 is 10.6 Å². The first-order valence-corrected chi connectivity index (χ1v) is 7.17. The SMILES string of the molecule is CN=C(NCC(=O)N(C)C)NC(C)c1cc2ccccc2o1.I. The van der Waals surface area contributed by atoms with E-state index in [1.807, 2.05) is 37.3 Å². The molecule has 0 aliphatic rings. The van der Waals surface area contributed by atoms with E-state index in [-0.39, 0.29) is 42.5 Å². The van der Waals surface area contributed by atoms with Crippen molar-refractivity contribution in [2.24, 2.45) is 4.99 Å². The molecule has 0 saturated carbocycles. The molecule has 2 rings (SSSR count). The highest BCUT2D eigenvalue weighted by Crippen LogP contribution is 2.23. The fourth-order valence-electron chi connectivity index (χ4n) is 2.00. The molecular formula is C16H23IN4O2. The molecule has 0 saturated heterocycles. The molecular weight excluding hydrogens is 407 g/mol. The molecule has 0 fully saturated rings. The lowest BCUT2D eigenvalue weighted by Crippen LogP contribution is -2.43. The van der Waals surface area contributed by atoms with Gasteiger partial charge in [-0.1, -0.05) is 18.2 Å². The first-order valence-electron chi connectivity index (χ1n) is 7.17. The molecule has 1 aromatic heterocycles. The Morgan fingerprint density at radius 1 is 1.35 bits per heavy atom. The Hall–Kier alpha value is -1.77. The summed E-state index contributed by atoms with van der Waals surface area (Å²) in [5, 5.41) is 7.27. The number of guanidine groups is 1. The van der Waals surface area contributed by atoms with E-state index >= 15 is 0 Å². The lowest BCUT2D eigenvalue weighted by Gasteiger charge is -2.17. The van der Waals surface area contributed by atoms with Crippen molar-refractivity contribution in [3.8, 4) is 0 Å². The number of carbonyl (C=O) groups excluding carboxylic acids is 1. The second kappa shape index (κ2) is 8.76. The van der Waals surface area contributed by atoms with E-state index in [0.717, 1.165) is 16.7 Å². The summed E-state index contributed by atoms with van der Waals surface area (Å²) in [6.45, 7) is 2.18. The first-order chi connectivity index (χ1) is 10.5. The minimum atomic E-state index is -0.0620. The normalized spacial score (nSPS) is 12.4. The Balaban J connectivity index is 0.00000264. The molecule has 1 atom stereocenters. The molecule has 23 heavy (non-hydrogen) atoms. The van der Waals surface area contributed by atoms with Gasteiger partial charge in [-0.25, -0.2) is 0 Å². The highest BCUT2D eigenvalue weighted by Gasteiger charge is 2.13. The smallest absolute Gasteiger partial charge is 0.241 e. The third-order valence-corrected chi connectivity index (χ3v) is 3.35. The molecule has 1 heterocycles. The Kier molecular flexibility index (Phi) is 7.34. The van der Waals surface area contributed by atoms with E-state index < -0.39 is 0 Å². The minimum Gasteiger partial charge on any atom is -0.459 e. The number of fused-ring (bicyclic) bond motifs is 1. The molecule has 126 valence electrons. The van der Waals surface area contributed by atoms with E-state index in [1.54, 1.807) is 21.1 Å². The molecule has 0 bridgehead atoms. The quantitative estimate of drug-likeness (QED) is 0.444. The first kappa shape index (κ1) is 19.3. The molecule has 6 nitrogen and oxygen atoms in total. The van der Waals surface area contributed by atoms with Crippen LogP contribution in [0.15, 0.2) is 39.7 Å². The summed E-state index contributed by atoms with van der Waals surface area (Å²) in [5.41, 5.74) is 0.858. The molecule has 2 N–H and O–H groups in total. The summed E-state index contributed by atoms with van der Waals surface area (Å²) in [6, 6.07) is 9.82. The second-order valence-electron chi connectivity index (χ2n) is 5.27. The summed E-state index contributed by atoms with van der Waals surface area (Å²) in [4.78, 5) is 17.3. The molecule has 0 aliphatic heterocycles. The van der Waals surface area contributed by atoms with Crippen molar-refractivity contribution in [3.63, 3.8) is 0 Å². The van der Waals surface area contributed by atoms with Gasteiger partial charge in [0.2, 0.25) is 5.91 Å². The maximum Gasteiger partial charge on any atom is 0.241 e. The van der Waals surface area contributed by atoms with Crippen molar-refractivity contribution in [2.45, 2.75) is 13.0 Å². The zero-order valence-corrected chi connectivity index (χ0v) is 16.1. The topological polar surface area (TPSA) is 69.9 Å². The molecule has 0 spiro atoms. The van der Waals surface area contributed by atoms with Gasteiger partial charge in [-0.05, 0) is 19.1 Å². The Morgan fingerprint density at radius 2 is 2.04 bits per heavy atom. The molecule has 1 aromatic carbocycles. The van der Waals surface area contributed by atoms with Gasteiger partial charge in [0.25, 0.3) is 0 Å². The molecule has 0 radical (unpaired) electrons. The van der Waals surface area contributed by atoms with Crippen LogP contribution in [0.2, 0.25) is 0 Å². The lowest BCUT2D eigenvalue weighted by atomic mass is 10.2. The highest BCUT2D eigenvalue weighted by molar-refractivity contribution is 14.0. The van der Waals surface area contributed by atoms with Crippen LogP contribution >= 0.6 is 24.0 Å². The Labute approximate surface area is 153 Å². The van der Waals surface area contributed by atoms with Gasteiger partial charge in [-0.3, -0.25) is 9.79 Å². The molecule has 1 amide bonds. The maximum atomic E-state index is 11.6. The van der Waals surface area contributed by atoms with Gasteiger partial charge in [0.05, 0.1) is 12.6 Å².